The highest BCUT2D eigenvalue weighted by atomic mass is 35.5. The quantitative estimate of drug-likeness (QED) is 0.436. The lowest BCUT2D eigenvalue weighted by atomic mass is 10.1. The van der Waals surface area contributed by atoms with E-state index in [2.05, 4.69) is 15.3 Å². The molecule has 0 aliphatic heterocycles. The molecule has 0 bridgehead atoms. The van der Waals surface area contributed by atoms with Crippen molar-refractivity contribution in [1.29, 1.82) is 0 Å². The van der Waals surface area contributed by atoms with Crippen LogP contribution >= 0.6 is 11.6 Å². The van der Waals surface area contributed by atoms with E-state index >= 15 is 0 Å². The van der Waals surface area contributed by atoms with E-state index in [1.165, 1.54) is 12.4 Å². The van der Waals surface area contributed by atoms with Crippen LogP contribution in [0.3, 0.4) is 0 Å². The fourth-order valence-electron chi connectivity index (χ4n) is 3.20. The molecule has 0 aliphatic carbocycles. The number of anilines is 2. The van der Waals surface area contributed by atoms with Crippen LogP contribution in [0.15, 0.2) is 67.0 Å². The number of hydrogen-bond acceptors (Lipinski definition) is 6. The van der Waals surface area contributed by atoms with Crippen molar-refractivity contribution in [3.8, 4) is 16.9 Å². The number of carbonyl (C=O) groups excluding carboxylic acids is 1. The molecule has 1 amide bonds. The third-order valence-electron chi connectivity index (χ3n) is 4.73. The zero-order valence-corrected chi connectivity index (χ0v) is 18.4. The van der Waals surface area contributed by atoms with Gasteiger partial charge in [0.1, 0.15) is 17.8 Å². The lowest BCUT2D eigenvalue weighted by Gasteiger charge is -2.06. The van der Waals surface area contributed by atoms with Gasteiger partial charge in [-0.25, -0.2) is 14.6 Å². The molecule has 0 spiro atoms. The summed E-state index contributed by atoms with van der Waals surface area (Å²) in [4.78, 5) is 22.6. The molecular weight excluding hydrogens is 426 g/mol. The molecule has 32 heavy (non-hydrogen) atoms. The highest BCUT2D eigenvalue weighted by Gasteiger charge is 2.18. The summed E-state index contributed by atoms with van der Waals surface area (Å²) in [7, 11) is 3.88. The highest BCUT2D eigenvalue weighted by molar-refractivity contribution is 6.30. The number of likely N-dealkylation sites (N-methyl/N-ethyl adjacent to an activating group) is 1. The summed E-state index contributed by atoms with van der Waals surface area (Å²) in [5.74, 6) is 0.161. The van der Waals surface area contributed by atoms with Gasteiger partial charge in [0.25, 0.3) is 0 Å². The van der Waals surface area contributed by atoms with E-state index in [9.17, 15) is 4.79 Å². The van der Waals surface area contributed by atoms with Gasteiger partial charge < -0.3 is 16.0 Å². The van der Waals surface area contributed by atoms with Gasteiger partial charge in [-0.15, -0.1) is 0 Å². The molecule has 9 heteroatoms. The number of nitrogens with two attached hydrogens (primary N) is 1. The van der Waals surface area contributed by atoms with Crippen molar-refractivity contribution < 1.29 is 4.79 Å². The Morgan fingerprint density at radius 3 is 2.53 bits per heavy atom. The third kappa shape index (κ3) is 4.61. The molecule has 2 heterocycles. The minimum atomic E-state index is -0.185. The highest BCUT2D eigenvalue weighted by Crippen LogP contribution is 2.32. The molecule has 0 saturated heterocycles. The molecule has 162 valence electrons. The van der Waals surface area contributed by atoms with Crippen molar-refractivity contribution in [2.24, 2.45) is 0 Å². The topological polar surface area (TPSA) is 102 Å². The summed E-state index contributed by atoms with van der Waals surface area (Å²) < 4.78 is 1.71. The van der Waals surface area contributed by atoms with Gasteiger partial charge in [0, 0.05) is 28.9 Å². The second-order valence-electron chi connectivity index (χ2n) is 7.43. The standard InChI is InChI=1S/C23H22ClN7O/c1-30(2)13-3-4-19(32)28-17-9-11-18(12-10-17)31-23-20(22(25)26-14-27-23)21(29-31)15-5-7-16(24)8-6-15/h3-12,14H,13H2,1-2H3,(H,28,32)(H2,25,26,27). The first-order chi connectivity index (χ1) is 15.4. The minimum absolute atomic E-state index is 0.185. The zero-order chi connectivity index (χ0) is 22.7. The predicted molar refractivity (Wildman–Crippen MR) is 128 cm³/mol. The maximum Gasteiger partial charge on any atom is 0.248 e. The lowest BCUT2D eigenvalue weighted by Crippen LogP contribution is -2.12. The van der Waals surface area contributed by atoms with Crippen LogP contribution in [-0.2, 0) is 4.79 Å². The van der Waals surface area contributed by atoms with E-state index in [1.807, 2.05) is 61.5 Å². The molecule has 8 nitrogen and oxygen atoms in total. The molecule has 4 aromatic rings. The SMILES string of the molecule is CN(C)CC=CC(=O)Nc1ccc(-n2nc(-c3ccc(Cl)cc3)c3c(N)ncnc32)cc1. The van der Waals surface area contributed by atoms with E-state index < -0.39 is 0 Å². The number of nitrogens with one attached hydrogen (secondary N) is 1. The van der Waals surface area contributed by atoms with Gasteiger partial charge in [-0.2, -0.15) is 5.10 Å². The minimum Gasteiger partial charge on any atom is -0.383 e. The number of rotatable bonds is 6. The van der Waals surface area contributed by atoms with Crippen molar-refractivity contribution in [2.45, 2.75) is 0 Å². The van der Waals surface area contributed by atoms with Gasteiger partial charge in [0.2, 0.25) is 5.91 Å². The van der Waals surface area contributed by atoms with Crippen LogP contribution in [0.4, 0.5) is 11.5 Å². The van der Waals surface area contributed by atoms with Crippen LogP contribution in [0.5, 0.6) is 0 Å². The number of amides is 1. The van der Waals surface area contributed by atoms with Crippen molar-refractivity contribution >= 4 is 40.0 Å². The van der Waals surface area contributed by atoms with Crippen LogP contribution in [0.2, 0.25) is 5.02 Å². The van der Waals surface area contributed by atoms with Crippen molar-refractivity contribution in [2.75, 3.05) is 31.7 Å². The second-order valence-corrected chi connectivity index (χ2v) is 7.86. The van der Waals surface area contributed by atoms with Gasteiger partial charge in [0.15, 0.2) is 5.65 Å². The van der Waals surface area contributed by atoms with Gasteiger partial charge in [-0.05, 0) is 50.5 Å². The molecule has 2 aromatic carbocycles. The fraction of sp³-hybridized carbons (Fsp3) is 0.130. The first-order valence-corrected chi connectivity index (χ1v) is 10.3. The number of aromatic nitrogens is 4. The number of fused-ring (bicyclic) bond motifs is 1. The number of hydrogen-bond donors (Lipinski definition) is 2. The summed E-state index contributed by atoms with van der Waals surface area (Å²) >= 11 is 6.03. The molecular formula is C23H22ClN7O. The first kappa shape index (κ1) is 21.5. The number of nitrogen functional groups attached to an aromatic ring is 1. The maximum absolute atomic E-state index is 12.1. The Morgan fingerprint density at radius 2 is 1.84 bits per heavy atom. The Balaban J connectivity index is 1.65. The molecule has 3 N–H and O–H groups in total. The second kappa shape index (κ2) is 9.17. The van der Waals surface area contributed by atoms with Gasteiger partial charge in [-0.3, -0.25) is 4.79 Å². The summed E-state index contributed by atoms with van der Waals surface area (Å²) in [6, 6.07) is 14.7. The van der Waals surface area contributed by atoms with Crippen LogP contribution in [0.25, 0.3) is 28.0 Å². The first-order valence-electron chi connectivity index (χ1n) is 9.90. The Hall–Kier alpha value is -3.75. The van der Waals surface area contributed by atoms with Crippen LogP contribution < -0.4 is 11.1 Å². The molecule has 2 aromatic heterocycles. The van der Waals surface area contributed by atoms with E-state index in [4.69, 9.17) is 22.4 Å². The largest absolute Gasteiger partial charge is 0.383 e. The molecule has 4 rings (SSSR count). The molecule has 0 unspecified atom stereocenters. The summed E-state index contributed by atoms with van der Waals surface area (Å²) in [5, 5.41) is 8.90. The Morgan fingerprint density at radius 1 is 1.12 bits per heavy atom. The molecule has 0 fully saturated rings. The smallest absolute Gasteiger partial charge is 0.248 e. The van der Waals surface area contributed by atoms with E-state index in [1.54, 1.807) is 16.8 Å². The average molecular weight is 448 g/mol. The number of carbonyl (C=O) groups is 1. The van der Waals surface area contributed by atoms with E-state index in [-0.39, 0.29) is 5.91 Å². The molecule has 0 saturated carbocycles. The van der Waals surface area contributed by atoms with Crippen molar-refractivity contribution in [3.63, 3.8) is 0 Å². The molecule has 0 atom stereocenters. The Bertz CT molecular complexity index is 1280. The van der Waals surface area contributed by atoms with Crippen molar-refractivity contribution in [1.82, 2.24) is 24.6 Å². The summed E-state index contributed by atoms with van der Waals surface area (Å²) in [6.07, 6.45) is 4.74. The Labute approximate surface area is 190 Å². The Kier molecular flexibility index (Phi) is 6.16. The molecule has 0 aliphatic rings. The van der Waals surface area contributed by atoms with E-state index in [0.29, 0.717) is 39.8 Å². The van der Waals surface area contributed by atoms with Crippen LogP contribution in [0.1, 0.15) is 0 Å². The van der Waals surface area contributed by atoms with Crippen molar-refractivity contribution in [3.05, 3.63) is 72.0 Å². The van der Waals surface area contributed by atoms with Gasteiger partial charge in [0.05, 0.1) is 11.1 Å². The van der Waals surface area contributed by atoms with Gasteiger partial charge >= 0.3 is 0 Å². The number of nitrogens with zero attached hydrogens (tertiary/aromatic N) is 5. The number of benzene rings is 2. The van der Waals surface area contributed by atoms with Crippen LogP contribution in [-0.4, -0.2) is 51.2 Å². The fourth-order valence-corrected chi connectivity index (χ4v) is 3.33. The summed E-state index contributed by atoms with van der Waals surface area (Å²) in [5.41, 5.74) is 9.72. The number of halogens is 1. The van der Waals surface area contributed by atoms with Crippen LogP contribution in [0, 0.1) is 0 Å². The van der Waals surface area contributed by atoms with E-state index in [0.717, 1.165) is 11.3 Å². The third-order valence-corrected chi connectivity index (χ3v) is 4.98. The maximum atomic E-state index is 12.1. The summed E-state index contributed by atoms with van der Waals surface area (Å²) in [6.45, 7) is 0.694. The van der Waals surface area contributed by atoms with Gasteiger partial charge in [-0.1, -0.05) is 29.8 Å². The zero-order valence-electron chi connectivity index (χ0n) is 17.7. The lowest BCUT2D eigenvalue weighted by molar-refractivity contribution is -0.111. The average Bonchev–Trinajstić information content (AvgIpc) is 3.15. The normalized spacial score (nSPS) is 11.5. The predicted octanol–water partition coefficient (Wildman–Crippen LogP) is 3.77. The molecule has 0 radical (unpaired) electrons. The monoisotopic (exact) mass is 447 g/mol.